The van der Waals surface area contributed by atoms with Gasteiger partial charge in [-0.1, -0.05) is 85.5 Å². The quantitative estimate of drug-likeness (QED) is 0.142. The number of hydrogen-bond donors (Lipinski definition) is 1. The number of hydrogen-bond acceptors (Lipinski definition) is 6. The molecule has 4 aromatic carbocycles. The Morgan fingerprint density at radius 1 is 0.880 bits per heavy atom. The third-order valence-corrected chi connectivity index (χ3v) is 10.8. The largest absolute Gasteiger partial charge is 0.497 e. The van der Waals surface area contributed by atoms with Crippen LogP contribution >= 0.6 is 11.6 Å². The van der Waals surface area contributed by atoms with Crippen LogP contribution in [0.1, 0.15) is 50.2 Å². The Hall–Kier alpha value is -4.54. The molecule has 1 aliphatic carbocycles. The average Bonchev–Trinajstić information content (AvgIpc) is 3.13. The maximum absolute atomic E-state index is 14.9. The minimum atomic E-state index is -4.32. The highest BCUT2D eigenvalue weighted by molar-refractivity contribution is 7.92. The van der Waals surface area contributed by atoms with Gasteiger partial charge in [0.25, 0.3) is 10.0 Å². The molecular formula is C39H44ClN3O6S. The number of methoxy groups -OCH3 is 1. The molecule has 1 N–H and O–H groups in total. The van der Waals surface area contributed by atoms with Crippen molar-refractivity contribution < 1.29 is 27.5 Å². The number of halogens is 1. The summed E-state index contributed by atoms with van der Waals surface area (Å²) in [5.74, 6) is 0.0597. The molecule has 0 aliphatic heterocycles. The van der Waals surface area contributed by atoms with Gasteiger partial charge < -0.3 is 19.7 Å². The summed E-state index contributed by atoms with van der Waals surface area (Å²) >= 11 is 6.11. The number of nitrogens with zero attached hydrogens (tertiary/aromatic N) is 2. The SMILES string of the molecule is CCOc1ccccc1N(CC(=O)N(Cc1cccc(OC)c1)C(Cc1ccccc1)C(=O)NC1CCCCC1)S(=O)(=O)c1ccc(Cl)cc1. The topological polar surface area (TPSA) is 105 Å². The van der Waals surface area contributed by atoms with Gasteiger partial charge in [-0.05, 0) is 79.4 Å². The minimum Gasteiger partial charge on any atom is -0.497 e. The fraction of sp³-hybridized carbons (Fsp3) is 0.333. The van der Waals surface area contributed by atoms with E-state index in [4.69, 9.17) is 21.1 Å². The molecule has 1 unspecified atom stereocenters. The van der Waals surface area contributed by atoms with Crippen LogP contribution in [-0.4, -0.2) is 57.5 Å². The highest BCUT2D eigenvalue weighted by Gasteiger charge is 2.36. The molecule has 0 heterocycles. The molecule has 5 rings (SSSR count). The van der Waals surface area contributed by atoms with E-state index in [1.807, 2.05) is 48.5 Å². The fourth-order valence-corrected chi connectivity index (χ4v) is 7.80. The van der Waals surface area contributed by atoms with Crippen molar-refractivity contribution in [2.75, 3.05) is 24.6 Å². The van der Waals surface area contributed by atoms with E-state index in [9.17, 15) is 18.0 Å². The molecule has 2 amide bonds. The zero-order chi connectivity index (χ0) is 35.5. The van der Waals surface area contributed by atoms with Crippen LogP contribution in [0.2, 0.25) is 5.02 Å². The monoisotopic (exact) mass is 717 g/mol. The average molecular weight is 718 g/mol. The predicted octanol–water partition coefficient (Wildman–Crippen LogP) is 7.03. The van der Waals surface area contributed by atoms with Crippen LogP contribution in [0.25, 0.3) is 0 Å². The number of rotatable bonds is 15. The molecule has 0 bridgehead atoms. The second kappa shape index (κ2) is 17.4. The number of sulfonamides is 1. The van der Waals surface area contributed by atoms with Crippen LogP contribution in [0.3, 0.4) is 0 Å². The molecule has 1 saturated carbocycles. The first-order valence-corrected chi connectivity index (χ1v) is 18.8. The van der Waals surface area contributed by atoms with Crippen molar-refractivity contribution in [1.29, 1.82) is 0 Å². The molecule has 50 heavy (non-hydrogen) atoms. The zero-order valence-electron chi connectivity index (χ0n) is 28.5. The first-order valence-electron chi connectivity index (χ1n) is 17.0. The number of benzene rings is 4. The second-order valence-electron chi connectivity index (χ2n) is 12.3. The second-order valence-corrected chi connectivity index (χ2v) is 14.6. The molecule has 1 fully saturated rings. The van der Waals surface area contributed by atoms with E-state index in [2.05, 4.69) is 5.32 Å². The summed E-state index contributed by atoms with van der Waals surface area (Å²) in [7, 11) is -2.76. The van der Waals surface area contributed by atoms with E-state index in [0.717, 1.165) is 47.5 Å². The Balaban J connectivity index is 1.60. The lowest BCUT2D eigenvalue weighted by molar-refractivity contribution is -0.140. The maximum atomic E-state index is 14.9. The van der Waals surface area contributed by atoms with Gasteiger partial charge >= 0.3 is 0 Å². The number of carbonyl (C=O) groups is 2. The highest BCUT2D eigenvalue weighted by atomic mass is 35.5. The number of carbonyl (C=O) groups excluding carboxylic acids is 2. The number of nitrogens with one attached hydrogen (secondary N) is 1. The lowest BCUT2D eigenvalue weighted by atomic mass is 9.94. The summed E-state index contributed by atoms with van der Waals surface area (Å²) < 4.78 is 41.2. The normalized spacial score (nSPS) is 14.0. The molecule has 4 aromatic rings. The standard InChI is InChI=1S/C39H44ClN3O6S/c1-3-49-37-20-11-10-19-35(37)43(50(46,47)34-23-21-31(40)22-24-34)28-38(44)42(27-30-15-12-18-33(25-30)48-2)36(26-29-13-6-4-7-14-29)39(45)41-32-16-8-5-9-17-32/h4,6-7,10-15,18-25,32,36H,3,5,8-9,16-17,26-28H2,1-2H3,(H,41,45). The lowest BCUT2D eigenvalue weighted by Gasteiger charge is -2.35. The van der Waals surface area contributed by atoms with Gasteiger partial charge in [0.05, 0.1) is 24.3 Å². The first kappa shape index (κ1) is 36.7. The Kier molecular flexibility index (Phi) is 12.8. The van der Waals surface area contributed by atoms with Crippen LogP contribution in [0.5, 0.6) is 11.5 Å². The van der Waals surface area contributed by atoms with Crippen LogP contribution in [-0.2, 0) is 32.6 Å². The first-order chi connectivity index (χ1) is 24.2. The van der Waals surface area contributed by atoms with Gasteiger partial charge in [-0.15, -0.1) is 0 Å². The summed E-state index contributed by atoms with van der Waals surface area (Å²) in [4.78, 5) is 30.6. The van der Waals surface area contributed by atoms with E-state index in [1.165, 1.54) is 29.2 Å². The summed E-state index contributed by atoms with van der Waals surface area (Å²) in [5.41, 5.74) is 1.79. The van der Waals surface area contributed by atoms with Gasteiger partial charge in [-0.2, -0.15) is 0 Å². The van der Waals surface area contributed by atoms with Crippen molar-refractivity contribution in [2.45, 2.75) is 69.0 Å². The molecule has 11 heteroatoms. The summed E-state index contributed by atoms with van der Waals surface area (Å²) in [5, 5.41) is 3.61. The van der Waals surface area contributed by atoms with Crippen molar-refractivity contribution in [3.05, 3.63) is 119 Å². The van der Waals surface area contributed by atoms with Crippen LogP contribution < -0.4 is 19.1 Å². The van der Waals surface area contributed by atoms with E-state index in [1.54, 1.807) is 44.4 Å². The van der Waals surface area contributed by atoms with Crippen molar-refractivity contribution in [1.82, 2.24) is 10.2 Å². The third kappa shape index (κ3) is 9.37. The summed E-state index contributed by atoms with van der Waals surface area (Å²) in [6, 6.07) is 28.4. The van der Waals surface area contributed by atoms with E-state index >= 15 is 0 Å². The van der Waals surface area contributed by atoms with Gasteiger partial charge in [0.15, 0.2) is 0 Å². The van der Waals surface area contributed by atoms with Gasteiger partial charge in [0.1, 0.15) is 24.1 Å². The number of para-hydroxylation sites is 2. The maximum Gasteiger partial charge on any atom is 0.264 e. The highest BCUT2D eigenvalue weighted by Crippen LogP contribution is 2.33. The Labute approximate surface area is 300 Å². The van der Waals surface area contributed by atoms with Crippen LogP contribution in [0.15, 0.2) is 108 Å². The molecule has 1 atom stereocenters. The van der Waals surface area contributed by atoms with Crippen LogP contribution in [0, 0.1) is 0 Å². The van der Waals surface area contributed by atoms with Gasteiger partial charge in [-0.25, -0.2) is 8.42 Å². The van der Waals surface area contributed by atoms with Crippen molar-refractivity contribution in [3.8, 4) is 11.5 Å². The zero-order valence-corrected chi connectivity index (χ0v) is 30.0. The molecule has 9 nitrogen and oxygen atoms in total. The van der Waals surface area contributed by atoms with E-state index < -0.39 is 28.5 Å². The Morgan fingerprint density at radius 2 is 1.56 bits per heavy atom. The predicted molar refractivity (Wildman–Crippen MR) is 196 cm³/mol. The lowest BCUT2D eigenvalue weighted by Crippen LogP contribution is -2.55. The van der Waals surface area contributed by atoms with Crippen molar-refractivity contribution >= 4 is 39.1 Å². The molecular weight excluding hydrogens is 674 g/mol. The Morgan fingerprint density at radius 3 is 2.26 bits per heavy atom. The Bertz CT molecular complexity index is 1830. The molecule has 1 aliphatic rings. The smallest absolute Gasteiger partial charge is 0.264 e. The van der Waals surface area contributed by atoms with Crippen LogP contribution in [0.4, 0.5) is 5.69 Å². The molecule has 0 radical (unpaired) electrons. The van der Waals surface area contributed by atoms with Crippen molar-refractivity contribution in [2.24, 2.45) is 0 Å². The summed E-state index contributed by atoms with van der Waals surface area (Å²) in [6.07, 6.45) is 5.15. The van der Waals surface area contributed by atoms with Crippen molar-refractivity contribution in [3.63, 3.8) is 0 Å². The van der Waals surface area contributed by atoms with Gasteiger partial charge in [0.2, 0.25) is 11.8 Å². The third-order valence-electron chi connectivity index (χ3n) is 8.82. The molecule has 264 valence electrons. The fourth-order valence-electron chi connectivity index (χ4n) is 6.25. The minimum absolute atomic E-state index is 0.00291. The number of anilines is 1. The van der Waals surface area contributed by atoms with E-state index in [0.29, 0.717) is 16.5 Å². The van der Waals surface area contributed by atoms with E-state index in [-0.39, 0.29) is 42.1 Å². The number of ether oxygens (including phenoxy) is 2. The van der Waals surface area contributed by atoms with Gasteiger partial charge in [0, 0.05) is 24.0 Å². The molecule has 0 aromatic heterocycles. The molecule has 0 saturated heterocycles. The number of amides is 2. The summed E-state index contributed by atoms with van der Waals surface area (Å²) in [6.45, 7) is 1.52. The van der Waals surface area contributed by atoms with Gasteiger partial charge in [-0.3, -0.25) is 13.9 Å². The molecule has 0 spiro atoms.